The van der Waals surface area contributed by atoms with Crippen molar-refractivity contribution in [1.82, 2.24) is 0 Å². The molecule has 0 aliphatic carbocycles. The van der Waals surface area contributed by atoms with Gasteiger partial charge in [0.1, 0.15) is 5.75 Å². The van der Waals surface area contributed by atoms with E-state index in [2.05, 4.69) is 15.9 Å². The molecule has 1 amide bonds. The Morgan fingerprint density at radius 1 is 1.20 bits per heavy atom. The van der Waals surface area contributed by atoms with Crippen LogP contribution in [0.5, 0.6) is 5.75 Å². The molecule has 0 fully saturated rings. The summed E-state index contributed by atoms with van der Waals surface area (Å²) in [5.74, 6) is 0.273. The molecule has 3 nitrogen and oxygen atoms in total. The van der Waals surface area contributed by atoms with Gasteiger partial charge in [0.15, 0.2) is 0 Å². The lowest BCUT2D eigenvalue weighted by Crippen LogP contribution is -2.27. The largest absolute Gasteiger partial charge is 0.508 e. The zero-order valence-electron chi connectivity index (χ0n) is 7.98. The number of phenolic OH excluding ortho intramolecular Hbond substituents is 1. The number of hydrogen-bond donors (Lipinski definition) is 1. The molecule has 1 aliphatic rings. The number of aromatic hydroxyl groups is 1. The molecular weight excluding hydrogens is 258 g/mol. The normalized spacial score (nSPS) is 16.5. The quantitative estimate of drug-likeness (QED) is 0.850. The van der Waals surface area contributed by atoms with Gasteiger partial charge in [-0.2, -0.15) is 0 Å². The summed E-state index contributed by atoms with van der Waals surface area (Å²) in [5, 5.41) is 9.14. The van der Waals surface area contributed by atoms with Crippen molar-refractivity contribution >= 4 is 27.5 Å². The second kappa shape index (κ2) is 4.06. The number of rotatable bonds is 1. The Hall–Kier alpha value is -1.29. The van der Waals surface area contributed by atoms with Crippen LogP contribution in [-0.2, 0) is 4.79 Å². The van der Waals surface area contributed by atoms with Gasteiger partial charge in [0.05, 0.1) is 0 Å². The Morgan fingerprint density at radius 2 is 1.87 bits per heavy atom. The molecule has 0 atom stereocenters. The van der Waals surface area contributed by atoms with Crippen molar-refractivity contribution in [2.24, 2.45) is 0 Å². The summed E-state index contributed by atoms with van der Waals surface area (Å²) in [6.45, 7) is 0. The highest BCUT2D eigenvalue weighted by atomic mass is 79.9. The van der Waals surface area contributed by atoms with Gasteiger partial charge in [-0.1, -0.05) is 15.9 Å². The van der Waals surface area contributed by atoms with Crippen LogP contribution < -0.4 is 4.90 Å². The van der Waals surface area contributed by atoms with Crippen molar-refractivity contribution < 1.29 is 9.90 Å². The highest BCUT2D eigenvalue weighted by Crippen LogP contribution is 2.26. The van der Waals surface area contributed by atoms with Gasteiger partial charge in [-0.15, -0.1) is 0 Å². The van der Waals surface area contributed by atoms with E-state index in [4.69, 9.17) is 5.11 Å². The molecule has 78 valence electrons. The van der Waals surface area contributed by atoms with E-state index in [-0.39, 0.29) is 11.7 Å². The minimum atomic E-state index is 0.0730. The van der Waals surface area contributed by atoms with Gasteiger partial charge in [0.2, 0.25) is 5.91 Å². The topological polar surface area (TPSA) is 40.5 Å². The summed E-state index contributed by atoms with van der Waals surface area (Å²) < 4.78 is 1.01. The molecule has 0 aromatic heterocycles. The van der Waals surface area contributed by atoms with Crippen LogP contribution in [0.3, 0.4) is 0 Å². The van der Waals surface area contributed by atoms with Crippen LogP contribution >= 0.6 is 15.9 Å². The van der Waals surface area contributed by atoms with Gasteiger partial charge in [0.25, 0.3) is 0 Å². The standard InChI is InChI=1S/C11H10BrNO2/c12-8-1-6-11(15)13(7-8)9-2-4-10(14)5-3-9/h2-5,7,14H,1,6H2. The summed E-state index contributed by atoms with van der Waals surface area (Å²) in [6, 6.07) is 6.57. The SMILES string of the molecule is O=C1CCC(Br)=CN1c1ccc(O)cc1. The highest BCUT2D eigenvalue weighted by Gasteiger charge is 2.18. The number of amides is 1. The lowest BCUT2D eigenvalue weighted by atomic mass is 10.2. The highest BCUT2D eigenvalue weighted by molar-refractivity contribution is 9.11. The predicted octanol–water partition coefficient (Wildman–Crippen LogP) is 2.76. The minimum absolute atomic E-state index is 0.0730. The van der Waals surface area contributed by atoms with Gasteiger partial charge in [-0.05, 0) is 30.7 Å². The Bertz CT molecular complexity index is 411. The number of carbonyl (C=O) groups excluding carboxylic acids is 1. The van der Waals surface area contributed by atoms with E-state index in [9.17, 15) is 4.79 Å². The maximum Gasteiger partial charge on any atom is 0.231 e. The molecule has 1 N–H and O–H groups in total. The molecular formula is C11H10BrNO2. The average molecular weight is 268 g/mol. The Kier molecular flexibility index (Phi) is 2.77. The van der Waals surface area contributed by atoms with Gasteiger partial charge in [0, 0.05) is 22.8 Å². The molecule has 1 heterocycles. The number of carbonyl (C=O) groups is 1. The van der Waals surface area contributed by atoms with Crippen molar-refractivity contribution in [1.29, 1.82) is 0 Å². The van der Waals surface area contributed by atoms with Crippen LogP contribution in [-0.4, -0.2) is 11.0 Å². The van der Waals surface area contributed by atoms with Crippen LogP contribution in [0.15, 0.2) is 34.9 Å². The minimum Gasteiger partial charge on any atom is -0.508 e. The fourth-order valence-corrected chi connectivity index (χ4v) is 1.86. The van der Waals surface area contributed by atoms with E-state index in [1.54, 1.807) is 35.4 Å². The maximum absolute atomic E-state index is 11.6. The molecule has 1 aromatic rings. The van der Waals surface area contributed by atoms with Crippen molar-refractivity contribution in [2.45, 2.75) is 12.8 Å². The van der Waals surface area contributed by atoms with Crippen LogP contribution in [0.2, 0.25) is 0 Å². The lowest BCUT2D eigenvalue weighted by Gasteiger charge is -2.23. The third-order valence-electron chi connectivity index (χ3n) is 2.24. The molecule has 0 spiro atoms. The summed E-state index contributed by atoms with van der Waals surface area (Å²) in [4.78, 5) is 13.2. The smallest absolute Gasteiger partial charge is 0.231 e. The fraction of sp³-hybridized carbons (Fsp3) is 0.182. The lowest BCUT2D eigenvalue weighted by molar-refractivity contribution is -0.118. The second-order valence-electron chi connectivity index (χ2n) is 3.36. The van der Waals surface area contributed by atoms with Crippen LogP contribution in [0.1, 0.15) is 12.8 Å². The molecule has 0 saturated heterocycles. The van der Waals surface area contributed by atoms with E-state index >= 15 is 0 Å². The third kappa shape index (κ3) is 2.21. The van der Waals surface area contributed by atoms with E-state index < -0.39 is 0 Å². The van der Waals surface area contributed by atoms with E-state index in [1.807, 2.05) is 0 Å². The summed E-state index contributed by atoms with van der Waals surface area (Å²) in [6.07, 6.45) is 3.05. The molecule has 15 heavy (non-hydrogen) atoms. The average Bonchev–Trinajstić information content (AvgIpc) is 2.23. The number of phenols is 1. The number of benzene rings is 1. The number of allylic oxidation sites excluding steroid dienone is 1. The first kappa shape index (κ1) is 10.2. The van der Waals surface area contributed by atoms with E-state index in [0.29, 0.717) is 6.42 Å². The first-order valence-electron chi connectivity index (χ1n) is 4.64. The van der Waals surface area contributed by atoms with Crippen LogP contribution in [0, 0.1) is 0 Å². The monoisotopic (exact) mass is 267 g/mol. The number of halogens is 1. The predicted molar refractivity (Wildman–Crippen MR) is 61.8 cm³/mol. The maximum atomic E-state index is 11.6. The first-order chi connectivity index (χ1) is 7.16. The molecule has 4 heteroatoms. The fourth-order valence-electron chi connectivity index (χ4n) is 1.46. The second-order valence-corrected chi connectivity index (χ2v) is 4.37. The zero-order valence-corrected chi connectivity index (χ0v) is 9.57. The molecule has 0 radical (unpaired) electrons. The summed E-state index contributed by atoms with van der Waals surface area (Å²) in [7, 11) is 0. The van der Waals surface area contributed by atoms with Gasteiger partial charge in [-0.3, -0.25) is 9.69 Å². The van der Waals surface area contributed by atoms with Crippen molar-refractivity contribution in [3.05, 3.63) is 34.9 Å². The Morgan fingerprint density at radius 3 is 2.53 bits per heavy atom. The third-order valence-corrected chi connectivity index (χ3v) is 2.84. The van der Waals surface area contributed by atoms with Gasteiger partial charge in [-0.25, -0.2) is 0 Å². The van der Waals surface area contributed by atoms with Gasteiger partial charge >= 0.3 is 0 Å². The summed E-state index contributed by atoms with van der Waals surface area (Å²) in [5.41, 5.74) is 0.773. The molecule has 1 aliphatic heterocycles. The van der Waals surface area contributed by atoms with Crippen molar-refractivity contribution in [3.63, 3.8) is 0 Å². The van der Waals surface area contributed by atoms with Crippen molar-refractivity contribution in [3.8, 4) is 5.75 Å². The molecule has 1 aromatic carbocycles. The molecule has 0 saturated carbocycles. The van der Waals surface area contributed by atoms with Crippen LogP contribution in [0.4, 0.5) is 5.69 Å². The Balaban J connectivity index is 2.33. The molecule has 2 rings (SSSR count). The molecule has 0 bridgehead atoms. The first-order valence-corrected chi connectivity index (χ1v) is 5.43. The summed E-state index contributed by atoms with van der Waals surface area (Å²) >= 11 is 3.39. The van der Waals surface area contributed by atoms with E-state index in [0.717, 1.165) is 16.6 Å². The van der Waals surface area contributed by atoms with Crippen LogP contribution in [0.25, 0.3) is 0 Å². The van der Waals surface area contributed by atoms with E-state index in [1.165, 1.54) is 0 Å². The zero-order chi connectivity index (χ0) is 10.8. The van der Waals surface area contributed by atoms with Crippen molar-refractivity contribution in [2.75, 3.05) is 4.90 Å². The molecule has 0 unspecified atom stereocenters. The number of nitrogens with zero attached hydrogens (tertiary/aromatic N) is 1. The Labute approximate surface area is 96.1 Å². The van der Waals surface area contributed by atoms with Gasteiger partial charge < -0.3 is 5.11 Å². The number of anilines is 1. The number of hydrogen-bond acceptors (Lipinski definition) is 2.